The molecule has 5 nitrogen and oxygen atoms in total. The Balaban J connectivity index is 2.12. The van der Waals surface area contributed by atoms with Crippen LogP contribution in [0.5, 0.6) is 0 Å². The minimum atomic E-state index is -0.843. The molecule has 2 aromatic rings. The van der Waals surface area contributed by atoms with E-state index in [4.69, 9.17) is 0 Å². The number of anilines is 1. The Hall–Kier alpha value is -2.24. The minimum Gasteiger partial charge on any atom is -0.480 e. The minimum absolute atomic E-state index is 0.438. The highest BCUT2D eigenvalue weighted by Crippen LogP contribution is 2.30. The topological polar surface area (TPSA) is 66.3 Å². The second-order valence-electron chi connectivity index (χ2n) is 4.54. The highest BCUT2D eigenvalue weighted by atomic mass is 19.1. The van der Waals surface area contributed by atoms with Crippen LogP contribution in [0.2, 0.25) is 0 Å². The fourth-order valence-corrected chi connectivity index (χ4v) is 2.54. The van der Waals surface area contributed by atoms with Crippen molar-refractivity contribution in [2.75, 3.05) is 11.4 Å². The Morgan fingerprint density at radius 1 is 1.47 bits per heavy atom. The average Bonchev–Trinajstić information content (AvgIpc) is 2.86. The van der Waals surface area contributed by atoms with E-state index in [-0.39, 0.29) is 0 Å². The molecule has 1 N–H and O–H groups in total. The molecule has 6 heteroatoms. The van der Waals surface area contributed by atoms with E-state index in [1.54, 1.807) is 17.2 Å². The third-order valence-corrected chi connectivity index (χ3v) is 3.37. The Bertz CT molecular complexity index is 647. The molecular weight excluding hydrogens is 249 g/mol. The zero-order chi connectivity index (χ0) is 13.4. The van der Waals surface area contributed by atoms with Gasteiger partial charge in [-0.15, -0.1) is 0 Å². The SMILES string of the molecule is O=C(O)[C@H]1CCCN1c1ccnc2cc(F)cnc12. The highest BCUT2D eigenvalue weighted by molar-refractivity contribution is 5.90. The maximum atomic E-state index is 13.1. The number of carboxylic acids is 1. The van der Waals surface area contributed by atoms with Gasteiger partial charge in [-0.2, -0.15) is 0 Å². The molecule has 0 radical (unpaired) electrons. The molecule has 1 aliphatic heterocycles. The Kier molecular flexibility index (Phi) is 2.77. The zero-order valence-electron chi connectivity index (χ0n) is 10.1. The number of rotatable bonds is 2. The molecular formula is C13H12FN3O2. The van der Waals surface area contributed by atoms with Gasteiger partial charge in [0.25, 0.3) is 0 Å². The van der Waals surface area contributed by atoms with Crippen LogP contribution in [-0.4, -0.2) is 33.6 Å². The molecule has 0 saturated carbocycles. The van der Waals surface area contributed by atoms with Gasteiger partial charge in [0.15, 0.2) is 0 Å². The van der Waals surface area contributed by atoms with E-state index in [0.717, 1.165) is 12.6 Å². The van der Waals surface area contributed by atoms with E-state index < -0.39 is 17.8 Å². The molecule has 1 atom stereocenters. The van der Waals surface area contributed by atoms with E-state index in [2.05, 4.69) is 9.97 Å². The van der Waals surface area contributed by atoms with Crippen LogP contribution in [0.25, 0.3) is 11.0 Å². The predicted octanol–water partition coefficient (Wildman–Crippen LogP) is 1.82. The number of hydrogen-bond donors (Lipinski definition) is 1. The van der Waals surface area contributed by atoms with Gasteiger partial charge < -0.3 is 10.0 Å². The van der Waals surface area contributed by atoms with E-state index in [9.17, 15) is 14.3 Å². The van der Waals surface area contributed by atoms with Crippen molar-refractivity contribution in [3.05, 3.63) is 30.3 Å². The van der Waals surface area contributed by atoms with Crippen LogP contribution in [0.3, 0.4) is 0 Å². The van der Waals surface area contributed by atoms with Gasteiger partial charge in [-0.25, -0.2) is 14.2 Å². The lowest BCUT2D eigenvalue weighted by molar-refractivity contribution is -0.138. The second kappa shape index (κ2) is 4.46. The number of hydrogen-bond acceptors (Lipinski definition) is 4. The summed E-state index contributed by atoms with van der Waals surface area (Å²) in [4.78, 5) is 21.2. The first-order valence-corrected chi connectivity index (χ1v) is 6.06. The summed E-state index contributed by atoms with van der Waals surface area (Å²) in [5.74, 6) is -1.29. The van der Waals surface area contributed by atoms with Crippen molar-refractivity contribution in [2.45, 2.75) is 18.9 Å². The summed E-state index contributed by atoms with van der Waals surface area (Å²) in [6.45, 7) is 0.662. The normalized spacial score (nSPS) is 19.0. The van der Waals surface area contributed by atoms with Crippen LogP contribution in [0.4, 0.5) is 10.1 Å². The lowest BCUT2D eigenvalue weighted by atomic mass is 10.2. The Morgan fingerprint density at radius 3 is 3.11 bits per heavy atom. The molecule has 1 aliphatic rings. The number of carbonyl (C=O) groups is 1. The largest absolute Gasteiger partial charge is 0.480 e. The first-order chi connectivity index (χ1) is 9.16. The molecule has 2 aromatic heterocycles. The van der Waals surface area contributed by atoms with E-state index in [1.807, 2.05) is 0 Å². The standard InChI is InChI=1S/C13H12FN3O2/c14-8-6-9-12(16-7-8)10(3-4-15-9)17-5-1-2-11(17)13(18)19/h3-4,6-7,11H,1-2,5H2,(H,18,19)/t11-/m1/s1. The summed E-state index contributed by atoms with van der Waals surface area (Å²) in [7, 11) is 0. The molecule has 0 aliphatic carbocycles. The molecule has 0 spiro atoms. The fraction of sp³-hybridized carbons (Fsp3) is 0.308. The second-order valence-corrected chi connectivity index (χ2v) is 4.54. The summed E-state index contributed by atoms with van der Waals surface area (Å²) in [5.41, 5.74) is 1.68. The van der Waals surface area contributed by atoms with E-state index in [0.29, 0.717) is 29.7 Å². The van der Waals surface area contributed by atoms with Crippen molar-refractivity contribution in [1.29, 1.82) is 0 Å². The van der Waals surface area contributed by atoms with Crippen LogP contribution in [0.15, 0.2) is 24.5 Å². The molecule has 1 saturated heterocycles. The van der Waals surface area contributed by atoms with Gasteiger partial charge in [0, 0.05) is 18.8 Å². The quantitative estimate of drug-likeness (QED) is 0.893. The van der Waals surface area contributed by atoms with Gasteiger partial charge >= 0.3 is 5.97 Å². The number of aliphatic carboxylic acids is 1. The molecule has 3 rings (SSSR count). The third-order valence-electron chi connectivity index (χ3n) is 3.37. The van der Waals surface area contributed by atoms with Gasteiger partial charge in [-0.05, 0) is 18.9 Å². The molecule has 98 valence electrons. The van der Waals surface area contributed by atoms with Crippen LogP contribution >= 0.6 is 0 Å². The fourth-order valence-electron chi connectivity index (χ4n) is 2.54. The molecule has 0 bridgehead atoms. The van der Waals surface area contributed by atoms with Gasteiger partial charge in [0.05, 0.1) is 17.4 Å². The van der Waals surface area contributed by atoms with Crippen LogP contribution in [-0.2, 0) is 4.79 Å². The van der Waals surface area contributed by atoms with E-state index >= 15 is 0 Å². The maximum Gasteiger partial charge on any atom is 0.326 e. The van der Waals surface area contributed by atoms with Gasteiger partial charge in [0.1, 0.15) is 17.4 Å². The first-order valence-electron chi connectivity index (χ1n) is 6.06. The van der Waals surface area contributed by atoms with Gasteiger partial charge in [-0.1, -0.05) is 0 Å². The number of pyridine rings is 2. The molecule has 3 heterocycles. The van der Waals surface area contributed by atoms with Crippen molar-refractivity contribution in [1.82, 2.24) is 9.97 Å². The Morgan fingerprint density at radius 2 is 2.32 bits per heavy atom. The molecule has 0 aromatic carbocycles. The Labute approximate surface area is 108 Å². The van der Waals surface area contributed by atoms with Crippen molar-refractivity contribution in [3.63, 3.8) is 0 Å². The lowest BCUT2D eigenvalue weighted by Gasteiger charge is -2.24. The predicted molar refractivity (Wildman–Crippen MR) is 67.5 cm³/mol. The summed E-state index contributed by atoms with van der Waals surface area (Å²) < 4.78 is 13.1. The molecule has 19 heavy (non-hydrogen) atoms. The lowest BCUT2D eigenvalue weighted by Crippen LogP contribution is -2.36. The smallest absolute Gasteiger partial charge is 0.326 e. The van der Waals surface area contributed by atoms with Crippen LogP contribution in [0.1, 0.15) is 12.8 Å². The molecule has 0 unspecified atom stereocenters. The van der Waals surface area contributed by atoms with E-state index in [1.165, 1.54) is 6.07 Å². The van der Waals surface area contributed by atoms with Gasteiger partial charge in [0.2, 0.25) is 0 Å². The highest BCUT2D eigenvalue weighted by Gasteiger charge is 2.31. The average molecular weight is 261 g/mol. The molecule has 1 fully saturated rings. The van der Waals surface area contributed by atoms with Crippen LogP contribution < -0.4 is 4.90 Å². The monoisotopic (exact) mass is 261 g/mol. The van der Waals surface area contributed by atoms with Gasteiger partial charge in [-0.3, -0.25) is 4.98 Å². The number of carboxylic acid groups (broad SMARTS) is 1. The van der Waals surface area contributed by atoms with Crippen molar-refractivity contribution < 1.29 is 14.3 Å². The summed E-state index contributed by atoms with van der Waals surface area (Å²) in [6.07, 6.45) is 4.11. The number of fused-ring (bicyclic) bond motifs is 1. The first kappa shape index (κ1) is 11.8. The van der Waals surface area contributed by atoms with Crippen LogP contribution in [0, 0.1) is 5.82 Å². The van der Waals surface area contributed by atoms with Crippen molar-refractivity contribution in [3.8, 4) is 0 Å². The summed E-state index contributed by atoms with van der Waals surface area (Å²) >= 11 is 0. The number of halogens is 1. The number of nitrogens with zero attached hydrogens (tertiary/aromatic N) is 3. The summed E-state index contributed by atoms with van der Waals surface area (Å²) in [6, 6.07) is 2.49. The van der Waals surface area contributed by atoms with Crippen molar-refractivity contribution >= 4 is 22.7 Å². The number of aromatic nitrogens is 2. The summed E-state index contributed by atoms with van der Waals surface area (Å²) in [5, 5.41) is 9.22. The maximum absolute atomic E-state index is 13.1. The zero-order valence-corrected chi connectivity index (χ0v) is 10.1. The third kappa shape index (κ3) is 1.99. The molecule has 0 amide bonds. The van der Waals surface area contributed by atoms with Crippen molar-refractivity contribution in [2.24, 2.45) is 0 Å².